The van der Waals surface area contributed by atoms with Gasteiger partial charge in [-0.2, -0.15) is 0 Å². The average molecular weight is 372 g/mol. The Bertz CT molecular complexity index is 723. The summed E-state index contributed by atoms with van der Waals surface area (Å²) < 4.78 is 4.74. The number of benzene rings is 1. The van der Waals surface area contributed by atoms with Gasteiger partial charge in [0.2, 0.25) is 5.91 Å². The predicted molar refractivity (Wildman–Crippen MR) is 101 cm³/mol. The van der Waals surface area contributed by atoms with E-state index in [0.29, 0.717) is 31.6 Å². The van der Waals surface area contributed by atoms with Gasteiger partial charge in [0.1, 0.15) is 6.04 Å². The SMILES string of the molecule is COC(=O)CC1CCN(C(=O)[C@H](C(C)C)N2Cc3ccccc3C2=O)CC1. The molecule has 2 amide bonds. The lowest BCUT2D eigenvalue weighted by Gasteiger charge is -2.38. The van der Waals surface area contributed by atoms with Crippen molar-refractivity contribution in [3.05, 3.63) is 35.4 Å². The molecule has 0 aliphatic carbocycles. The molecular weight excluding hydrogens is 344 g/mol. The highest BCUT2D eigenvalue weighted by atomic mass is 16.5. The van der Waals surface area contributed by atoms with Gasteiger partial charge in [-0.3, -0.25) is 14.4 Å². The Morgan fingerprint density at radius 3 is 2.44 bits per heavy atom. The van der Waals surface area contributed by atoms with E-state index >= 15 is 0 Å². The average Bonchev–Trinajstić information content (AvgIpc) is 2.98. The number of fused-ring (bicyclic) bond motifs is 1. The van der Waals surface area contributed by atoms with E-state index in [1.165, 1.54) is 7.11 Å². The number of esters is 1. The Balaban J connectivity index is 1.67. The molecule has 27 heavy (non-hydrogen) atoms. The zero-order chi connectivity index (χ0) is 19.6. The lowest BCUT2D eigenvalue weighted by Crippen LogP contribution is -2.53. The van der Waals surface area contributed by atoms with Crippen molar-refractivity contribution in [2.75, 3.05) is 20.2 Å². The molecule has 6 nitrogen and oxygen atoms in total. The maximum Gasteiger partial charge on any atom is 0.305 e. The molecule has 0 bridgehead atoms. The number of rotatable bonds is 5. The van der Waals surface area contributed by atoms with Gasteiger partial charge in [-0.15, -0.1) is 0 Å². The van der Waals surface area contributed by atoms with Crippen LogP contribution in [-0.4, -0.2) is 53.8 Å². The molecule has 0 spiro atoms. The van der Waals surface area contributed by atoms with Crippen molar-refractivity contribution in [3.8, 4) is 0 Å². The summed E-state index contributed by atoms with van der Waals surface area (Å²) in [5.41, 5.74) is 1.69. The third-order valence-electron chi connectivity index (χ3n) is 5.68. The molecule has 146 valence electrons. The molecule has 1 aromatic rings. The van der Waals surface area contributed by atoms with E-state index in [0.717, 1.165) is 18.4 Å². The maximum absolute atomic E-state index is 13.2. The fraction of sp³-hybridized carbons (Fsp3) is 0.571. The lowest BCUT2D eigenvalue weighted by molar-refractivity contribution is -0.142. The number of ether oxygens (including phenoxy) is 1. The molecule has 2 heterocycles. The van der Waals surface area contributed by atoms with E-state index < -0.39 is 6.04 Å². The van der Waals surface area contributed by atoms with Gasteiger partial charge in [0.25, 0.3) is 5.91 Å². The van der Waals surface area contributed by atoms with Gasteiger partial charge < -0.3 is 14.5 Å². The number of methoxy groups -OCH3 is 1. The number of hydrogen-bond acceptors (Lipinski definition) is 4. The molecular formula is C21H28N2O4. The van der Waals surface area contributed by atoms with Gasteiger partial charge in [0.05, 0.1) is 7.11 Å². The first-order valence-corrected chi connectivity index (χ1v) is 9.66. The summed E-state index contributed by atoms with van der Waals surface area (Å²) in [5, 5.41) is 0. The van der Waals surface area contributed by atoms with Crippen LogP contribution in [-0.2, 0) is 20.9 Å². The zero-order valence-electron chi connectivity index (χ0n) is 16.3. The number of amides is 2. The lowest BCUT2D eigenvalue weighted by atomic mass is 9.92. The molecule has 3 rings (SSSR count). The van der Waals surface area contributed by atoms with Crippen LogP contribution in [0.25, 0.3) is 0 Å². The van der Waals surface area contributed by atoms with Crippen molar-refractivity contribution < 1.29 is 19.1 Å². The summed E-state index contributed by atoms with van der Waals surface area (Å²) in [4.78, 5) is 41.1. The van der Waals surface area contributed by atoms with Crippen molar-refractivity contribution in [3.63, 3.8) is 0 Å². The van der Waals surface area contributed by atoms with Crippen LogP contribution in [0.15, 0.2) is 24.3 Å². The first kappa shape index (κ1) is 19.4. The summed E-state index contributed by atoms with van der Waals surface area (Å²) in [7, 11) is 1.40. The van der Waals surface area contributed by atoms with E-state index in [1.807, 2.05) is 43.0 Å². The van der Waals surface area contributed by atoms with Crippen LogP contribution in [0.1, 0.15) is 49.0 Å². The van der Waals surface area contributed by atoms with Crippen LogP contribution in [0, 0.1) is 11.8 Å². The third kappa shape index (κ3) is 3.99. The van der Waals surface area contributed by atoms with Crippen LogP contribution in [0.3, 0.4) is 0 Å². The van der Waals surface area contributed by atoms with Gasteiger partial charge >= 0.3 is 5.97 Å². The smallest absolute Gasteiger partial charge is 0.305 e. The molecule has 0 radical (unpaired) electrons. The molecule has 0 saturated carbocycles. The van der Waals surface area contributed by atoms with E-state index in [9.17, 15) is 14.4 Å². The highest BCUT2D eigenvalue weighted by Crippen LogP contribution is 2.29. The monoisotopic (exact) mass is 372 g/mol. The largest absolute Gasteiger partial charge is 0.469 e. The van der Waals surface area contributed by atoms with Crippen molar-refractivity contribution in [2.45, 2.75) is 45.7 Å². The van der Waals surface area contributed by atoms with Crippen LogP contribution in [0.4, 0.5) is 0 Å². The highest BCUT2D eigenvalue weighted by Gasteiger charge is 2.40. The second kappa shape index (κ2) is 8.11. The normalized spacial score (nSPS) is 18.6. The highest BCUT2D eigenvalue weighted by molar-refractivity contribution is 6.01. The number of likely N-dealkylation sites (tertiary alicyclic amines) is 1. The molecule has 2 aliphatic heterocycles. The predicted octanol–water partition coefficient (Wildman–Crippen LogP) is 2.47. The van der Waals surface area contributed by atoms with Crippen molar-refractivity contribution >= 4 is 17.8 Å². The van der Waals surface area contributed by atoms with Crippen LogP contribution in [0.5, 0.6) is 0 Å². The van der Waals surface area contributed by atoms with E-state index in [-0.39, 0.29) is 29.6 Å². The van der Waals surface area contributed by atoms with Crippen LogP contribution in [0.2, 0.25) is 0 Å². The Morgan fingerprint density at radius 2 is 1.85 bits per heavy atom. The molecule has 0 aromatic heterocycles. The Kier molecular flexibility index (Phi) is 5.82. The first-order valence-electron chi connectivity index (χ1n) is 9.66. The fourth-order valence-corrected chi connectivity index (χ4v) is 4.14. The molecule has 1 saturated heterocycles. The summed E-state index contributed by atoms with van der Waals surface area (Å²) in [6.45, 7) is 5.71. The first-order chi connectivity index (χ1) is 12.9. The summed E-state index contributed by atoms with van der Waals surface area (Å²) in [6.07, 6.45) is 1.99. The fourth-order valence-electron chi connectivity index (χ4n) is 4.14. The van der Waals surface area contributed by atoms with Gasteiger partial charge in [0, 0.05) is 31.6 Å². The molecule has 0 N–H and O–H groups in total. The summed E-state index contributed by atoms with van der Waals surface area (Å²) in [5.74, 6) is 0.0568. The second-order valence-electron chi connectivity index (χ2n) is 7.83. The second-order valence-corrected chi connectivity index (χ2v) is 7.83. The number of nitrogens with zero attached hydrogens (tertiary/aromatic N) is 2. The van der Waals surface area contributed by atoms with E-state index in [1.54, 1.807) is 4.90 Å². The van der Waals surface area contributed by atoms with Crippen molar-refractivity contribution in [1.82, 2.24) is 9.80 Å². The Labute approximate surface area is 160 Å². The standard InChI is InChI=1S/C21H28N2O4/c1-14(2)19(23-13-16-6-4-5-7-17(16)20(23)25)21(26)22-10-8-15(9-11-22)12-18(24)27-3/h4-7,14-15,19H,8-13H2,1-3H3/t19-/m0/s1. The van der Waals surface area contributed by atoms with Gasteiger partial charge in [-0.1, -0.05) is 32.0 Å². The summed E-state index contributed by atoms with van der Waals surface area (Å²) >= 11 is 0. The number of carbonyl (C=O) groups excluding carboxylic acids is 3. The van der Waals surface area contributed by atoms with Crippen LogP contribution < -0.4 is 0 Å². The van der Waals surface area contributed by atoms with Crippen molar-refractivity contribution in [1.29, 1.82) is 0 Å². The molecule has 1 aromatic carbocycles. The maximum atomic E-state index is 13.2. The Morgan fingerprint density at radius 1 is 1.19 bits per heavy atom. The van der Waals surface area contributed by atoms with Gasteiger partial charge in [-0.05, 0) is 36.3 Å². The zero-order valence-corrected chi connectivity index (χ0v) is 16.3. The Hall–Kier alpha value is -2.37. The molecule has 6 heteroatoms. The van der Waals surface area contributed by atoms with Gasteiger partial charge in [0.15, 0.2) is 0 Å². The van der Waals surface area contributed by atoms with Crippen LogP contribution >= 0.6 is 0 Å². The summed E-state index contributed by atoms with van der Waals surface area (Å²) in [6, 6.07) is 7.11. The minimum Gasteiger partial charge on any atom is -0.469 e. The van der Waals surface area contributed by atoms with E-state index in [2.05, 4.69) is 0 Å². The molecule has 1 fully saturated rings. The molecule has 2 aliphatic rings. The number of carbonyl (C=O) groups is 3. The molecule has 1 atom stereocenters. The quantitative estimate of drug-likeness (QED) is 0.745. The topological polar surface area (TPSA) is 66.9 Å². The number of piperidine rings is 1. The minimum absolute atomic E-state index is 0.0164. The number of hydrogen-bond donors (Lipinski definition) is 0. The van der Waals surface area contributed by atoms with E-state index in [4.69, 9.17) is 4.74 Å². The third-order valence-corrected chi connectivity index (χ3v) is 5.68. The van der Waals surface area contributed by atoms with Gasteiger partial charge in [-0.25, -0.2) is 0 Å². The van der Waals surface area contributed by atoms with Crippen molar-refractivity contribution in [2.24, 2.45) is 11.8 Å². The minimum atomic E-state index is -0.456. The molecule has 0 unspecified atom stereocenters.